The Hall–Kier alpha value is -0.880. The first-order valence-corrected chi connectivity index (χ1v) is 5.34. The van der Waals surface area contributed by atoms with E-state index in [1.807, 2.05) is 0 Å². The molecule has 1 fully saturated rings. The third-order valence-corrected chi connectivity index (χ3v) is 3.12. The zero-order valence-corrected chi connectivity index (χ0v) is 9.21. The van der Waals surface area contributed by atoms with Gasteiger partial charge in [0.2, 0.25) is 0 Å². The minimum atomic E-state index is 0.548. The summed E-state index contributed by atoms with van der Waals surface area (Å²) in [5.41, 5.74) is 2.51. The first kappa shape index (κ1) is 9.67. The third kappa shape index (κ3) is 1.80. The summed E-state index contributed by atoms with van der Waals surface area (Å²) in [4.78, 5) is 8.12. The second-order valence-corrected chi connectivity index (χ2v) is 4.09. The number of anilines is 2. The summed E-state index contributed by atoms with van der Waals surface area (Å²) in [5.74, 6) is 6.70. The zero-order valence-electron chi connectivity index (χ0n) is 7.63. The van der Waals surface area contributed by atoms with Gasteiger partial charge in [-0.25, -0.2) is 15.8 Å². The van der Waals surface area contributed by atoms with Crippen molar-refractivity contribution < 1.29 is 0 Å². The van der Waals surface area contributed by atoms with Gasteiger partial charge in [-0.3, -0.25) is 0 Å². The summed E-state index contributed by atoms with van der Waals surface area (Å²) in [5, 5.41) is 3.33. The maximum Gasteiger partial charge on any atom is 0.159 e. The highest BCUT2D eigenvalue weighted by Gasteiger charge is 2.19. The van der Waals surface area contributed by atoms with Gasteiger partial charge in [-0.2, -0.15) is 0 Å². The highest BCUT2D eigenvalue weighted by atomic mass is 79.9. The summed E-state index contributed by atoms with van der Waals surface area (Å²) < 4.78 is 0.786. The largest absolute Gasteiger partial charge is 0.366 e. The summed E-state index contributed by atoms with van der Waals surface area (Å²) in [6.07, 6.45) is 5.20. The molecule has 1 heterocycles. The van der Waals surface area contributed by atoms with Crippen molar-refractivity contribution in [2.45, 2.75) is 25.3 Å². The first-order chi connectivity index (χ1) is 6.81. The summed E-state index contributed by atoms with van der Waals surface area (Å²) in [7, 11) is 0. The zero-order chi connectivity index (χ0) is 9.97. The van der Waals surface area contributed by atoms with Crippen LogP contribution in [0.5, 0.6) is 0 Å². The van der Waals surface area contributed by atoms with Gasteiger partial charge in [0.1, 0.15) is 16.6 Å². The molecule has 0 spiro atoms. The van der Waals surface area contributed by atoms with Crippen molar-refractivity contribution >= 4 is 27.6 Å². The molecule has 1 aromatic heterocycles. The Kier molecular flexibility index (Phi) is 2.83. The minimum absolute atomic E-state index is 0.548. The van der Waals surface area contributed by atoms with Crippen LogP contribution in [0, 0.1) is 0 Å². The molecule has 0 radical (unpaired) electrons. The number of nitrogen functional groups attached to an aromatic ring is 1. The predicted molar refractivity (Wildman–Crippen MR) is 58.8 cm³/mol. The fourth-order valence-corrected chi connectivity index (χ4v) is 1.75. The Morgan fingerprint density at radius 3 is 2.64 bits per heavy atom. The number of hydrazine groups is 1. The van der Waals surface area contributed by atoms with Crippen molar-refractivity contribution in [1.82, 2.24) is 9.97 Å². The second kappa shape index (κ2) is 4.10. The molecule has 1 aliphatic rings. The topological polar surface area (TPSA) is 75.9 Å². The smallest absolute Gasteiger partial charge is 0.159 e. The monoisotopic (exact) mass is 257 g/mol. The van der Waals surface area contributed by atoms with Gasteiger partial charge in [0.05, 0.1) is 0 Å². The van der Waals surface area contributed by atoms with Crippen LogP contribution in [0.25, 0.3) is 0 Å². The lowest BCUT2D eigenvalue weighted by Crippen LogP contribution is -2.28. The molecule has 0 saturated heterocycles. The van der Waals surface area contributed by atoms with Crippen LogP contribution in [0.1, 0.15) is 19.3 Å². The van der Waals surface area contributed by atoms with Gasteiger partial charge in [-0.05, 0) is 35.2 Å². The average Bonchev–Trinajstić information content (AvgIpc) is 2.13. The fraction of sp³-hybridized carbons (Fsp3) is 0.500. The number of hydrogen-bond donors (Lipinski definition) is 3. The van der Waals surface area contributed by atoms with Gasteiger partial charge in [0, 0.05) is 6.04 Å². The highest BCUT2D eigenvalue weighted by molar-refractivity contribution is 9.10. The molecule has 76 valence electrons. The third-order valence-electron chi connectivity index (χ3n) is 2.37. The Balaban J connectivity index is 2.15. The minimum Gasteiger partial charge on any atom is -0.366 e. The Labute approximate surface area is 90.6 Å². The molecule has 0 amide bonds. The Morgan fingerprint density at radius 1 is 1.36 bits per heavy atom. The molecule has 14 heavy (non-hydrogen) atoms. The number of rotatable bonds is 3. The Morgan fingerprint density at radius 2 is 2.07 bits per heavy atom. The predicted octanol–water partition coefficient (Wildman–Crippen LogP) is 1.49. The summed E-state index contributed by atoms with van der Waals surface area (Å²) >= 11 is 3.39. The SMILES string of the molecule is NNc1ncnc(NC2CCC2)c1Br. The van der Waals surface area contributed by atoms with Crippen molar-refractivity contribution in [1.29, 1.82) is 0 Å². The number of nitrogens with one attached hydrogen (secondary N) is 2. The maximum absolute atomic E-state index is 5.30. The summed E-state index contributed by atoms with van der Waals surface area (Å²) in [6.45, 7) is 0. The molecule has 1 saturated carbocycles. The molecule has 4 N–H and O–H groups in total. The van der Waals surface area contributed by atoms with E-state index in [4.69, 9.17) is 5.84 Å². The van der Waals surface area contributed by atoms with Crippen LogP contribution in [0.3, 0.4) is 0 Å². The van der Waals surface area contributed by atoms with Crippen LogP contribution in [-0.4, -0.2) is 16.0 Å². The number of hydrogen-bond acceptors (Lipinski definition) is 5. The average molecular weight is 258 g/mol. The van der Waals surface area contributed by atoms with E-state index >= 15 is 0 Å². The van der Waals surface area contributed by atoms with Crippen LogP contribution < -0.4 is 16.6 Å². The van der Waals surface area contributed by atoms with Crippen LogP contribution in [0.15, 0.2) is 10.8 Å². The molecular formula is C8H12BrN5. The van der Waals surface area contributed by atoms with Gasteiger partial charge in [0.25, 0.3) is 0 Å². The summed E-state index contributed by atoms with van der Waals surface area (Å²) in [6, 6.07) is 0.548. The van der Waals surface area contributed by atoms with E-state index in [0.717, 1.165) is 10.3 Å². The molecule has 0 bridgehead atoms. The van der Waals surface area contributed by atoms with Gasteiger partial charge >= 0.3 is 0 Å². The van der Waals surface area contributed by atoms with Gasteiger partial charge < -0.3 is 10.7 Å². The van der Waals surface area contributed by atoms with E-state index in [0.29, 0.717) is 11.9 Å². The highest BCUT2D eigenvalue weighted by Crippen LogP contribution is 2.29. The first-order valence-electron chi connectivity index (χ1n) is 4.55. The lowest BCUT2D eigenvalue weighted by molar-refractivity contribution is 0.444. The standard InChI is InChI=1S/C8H12BrN5/c9-6-7(13-5-2-1-3-5)11-4-12-8(6)14-10/h4-5H,1-3,10H2,(H2,11,12,13,14). The molecule has 0 atom stereocenters. The second-order valence-electron chi connectivity index (χ2n) is 3.30. The van der Waals surface area contributed by atoms with E-state index in [-0.39, 0.29) is 0 Å². The molecule has 0 aliphatic heterocycles. The molecular weight excluding hydrogens is 246 g/mol. The van der Waals surface area contributed by atoms with Crippen molar-refractivity contribution in [2.75, 3.05) is 10.7 Å². The maximum atomic E-state index is 5.30. The van der Waals surface area contributed by atoms with E-state index in [2.05, 4.69) is 36.6 Å². The van der Waals surface area contributed by atoms with Gasteiger partial charge in [-0.15, -0.1) is 0 Å². The van der Waals surface area contributed by atoms with Crippen molar-refractivity contribution in [2.24, 2.45) is 5.84 Å². The molecule has 1 aliphatic carbocycles. The molecule has 5 nitrogen and oxygen atoms in total. The lowest BCUT2D eigenvalue weighted by Gasteiger charge is -2.27. The van der Waals surface area contributed by atoms with Crippen LogP contribution in [-0.2, 0) is 0 Å². The van der Waals surface area contributed by atoms with Gasteiger partial charge in [-0.1, -0.05) is 0 Å². The Bertz CT molecular complexity index is 326. The molecule has 1 aromatic rings. The van der Waals surface area contributed by atoms with E-state index < -0.39 is 0 Å². The number of aromatic nitrogens is 2. The van der Waals surface area contributed by atoms with Crippen LogP contribution >= 0.6 is 15.9 Å². The molecule has 0 unspecified atom stereocenters. The molecule has 6 heteroatoms. The normalized spacial score (nSPS) is 16.1. The fourth-order valence-electron chi connectivity index (χ4n) is 1.32. The van der Waals surface area contributed by atoms with Crippen LogP contribution in [0.4, 0.5) is 11.6 Å². The van der Waals surface area contributed by atoms with E-state index in [9.17, 15) is 0 Å². The quantitative estimate of drug-likeness (QED) is 0.565. The van der Waals surface area contributed by atoms with Crippen molar-refractivity contribution in [3.63, 3.8) is 0 Å². The van der Waals surface area contributed by atoms with Crippen molar-refractivity contribution in [3.05, 3.63) is 10.8 Å². The number of nitrogens with two attached hydrogens (primary N) is 1. The van der Waals surface area contributed by atoms with Crippen molar-refractivity contribution in [3.8, 4) is 0 Å². The lowest BCUT2D eigenvalue weighted by atomic mass is 9.93. The number of nitrogens with zero attached hydrogens (tertiary/aromatic N) is 2. The van der Waals surface area contributed by atoms with E-state index in [1.165, 1.54) is 25.6 Å². The molecule has 0 aromatic carbocycles. The number of halogens is 1. The van der Waals surface area contributed by atoms with Crippen LogP contribution in [0.2, 0.25) is 0 Å². The van der Waals surface area contributed by atoms with E-state index in [1.54, 1.807) is 0 Å². The van der Waals surface area contributed by atoms with Gasteiger partial charge in [0.15, 0.2) is 5.82 Å². The molecule has 2 rings (SSSR count).